The Kier molecular flexibility index (Phi) is 10.5. The van der Waals surface area contributed by atoms with Gasteiger partial charge in [0.1, 0.15) is 36.6 Å². The number of halogens is 1. The van der Waals surface area contributed by atoms with Crippen LogP contribution in [-0.2, 0) is 18.9 Å². The second kappa shape index (κ2) is 12.0. The van der Waals surface area contributed by atoms with Crippen molar-refractivity contribution in [2.24, 2.45) is 28.7 Å². The summed E-state index contributed by atoms with van der Waals surface area (Å²) in [6, 6.07) is -2.85. The van der Waals surface area contributed by atoms with Gasteiger partial charge in [-0.2, -0.15) is 0 Å². The predicted molar refractivity (Wildman–Crippen MR) is 114 cm³/mol. The smallest absolute Gasteiger partial charge is 0.186 e. The fourth-order valence-corrected chi connectivity index (χ4v) is 4.36. The Bertz CT molecular complexity index is 583. The maximum absolute atomic E-state index is 11.0. The molecule has 0 aromatic carbocycles. The van der Waals surface area contributed by atoms with Crippen molar-refractivity contribution >= 4 is 12.4 Å². The Labute approximate surface area is 192 Å². The van der Waals surface area contributed by atoms with Gasteiger partial charge in [0, 0.05) is 18.6 Å². The molecule has 3 rings (SSSR count). The van der Waals surface area contributed by atoms with Crippen LogP contribution >= 0.6 is 12.4 Å². The molecule has 1 aliphatic carbocycles. The summed E-state index contributed by atoms with van der Waals surface area (Å²) in [6.45, 7) is -0.214. The molecule has 0 spiro atoms. The minimum atomic E-state index is -1.41. The van der Waals surface area contributed by atoms with Crippen LogP contribution in [0.2, 0.25) is 0 Å². The van der Waals surface area contributed by atoms with E-state index in [2.05, 4.69) is 0 Å². The van der Waals surface area contributed by atoms with Crippen LogP contribution < -0.4 is 28.7 Å². The highest BCUT2D eigenvalue weighted by atomic mass is 35.5. The molecule has 3 aliphatic rings. The van der Waals surface area contributed by atoms with Gasteiger partial charge in [-0.25, -0.2) is 0 Å². The van der Waals surface area contributed by atoms with Crippen molar-refractivity contribution in [2.45, 2.75) is 98.7 Å². The molecule has 190 valence electrons. The first kappa shape index (κ1) is 28.0. The van der Waals surface area contributed by atoms with Crippen molar-refractivity contribution in [3.8, 4) is 0 Å². The highest BCUT2D eigenvalue weighted by Crippen LogP contribution is 2.30. The molecule has 3 fully saturated rings. The summed E-state index contributed by atoms with van der Waals surface area (Å²) in [5, 5.41) is 40.7. The SMILES string of the molecule is Cl.NC[C@@H]1CC[C@@H](N)[C@@H](O[C@H]2[C@H](O)[C@@H](O[C@H]3O[C@H](CO)[C@@H](O)[C@H](N)[C@H]3O)[C@H](N)C[C@@H]2N)O1. The maximum atomic E-state index is 11.0. The molecule has 2 saturated heterocycles. The maximum Gasteiger partial charge on any atom is 0.186 e. The van der Waals surface area contributed by atoms with Crippen LogP contribution in [0.15, 0.2) is 0 Å². The molecule has 13 nitrogen and oxygen atoms in total. The van der Waals surface area contributed by atoms with Gasteiger partial charge in [0.05, 0.1) is 24.8 Å². The highest BCUT2D eigenvalue weighted by Gasteiger charge is 2.49. The number of hydrogen-bond acceptors (Lipinski definition) is 13. The minimum Gasteiger partial charge on any atom is -0.394 e. The van der Waals surface area contributed by atoms with Crippen molar-refractivity contribution < 1.29 is 39.4 Å². The van der Waals surface area contributed by atoms with E-state index in [9.17, 15) is 20.4 Å². The van der Waals surface area contributed by atoms with E-state index in [-0.39, 0.29) is 24.9 Å². The molecule has 0 bridgehead atoms. The Balaban J connectivity index is 0.00000363. The third-order valence-electron chi connectivity index (χ3n) is 6.34. The summed E-state index contributed by atoms with van der Waals surface area (Å²) in [4.78, 5) is 0. The summed E-state index contributed by atoms with van der Waals surface area (Å²) < 4.78 is 23.0. The molecular weight excluding hydrogens is 450 g/mol. The first-order chi connectivity index (χ1) is 14.7. The van der Waals surface area contributed by atoms with Gasteiger partial charge in [-0.3, -0.25) is 0 Å². The van der Waals surface area contributed by atoms with Crippen molar-refractivity contribution in [3.63, 3.8) is 0 Å². The van der Waals surface area contributed by atoms with Gasteiger partial charge < -0.3 is 68.0 Å². The zero-order valence-electron chi connectivity index (χ0n) is 17.8. The van der Waals surface area contributed by atoms with E-state index in [1.54, 1.807) is 0 Å². The van der Waals surface area contributed by atoms with Gasteiger partial charge in [-0.05, 0) is 19.3 Å². The standard InChI is InChI=1S/C18H37N5O8.ClH/c19-4-6-1-2-7(20)17(28-6)30-15-8(21)3-9(22)16(14(15)27)31-18-13(26)11(23)12(25)10(5-24)29-18;/h6-18,24-27H,1-5,19-23H2;1H/t6-,7+,8-,9+,10+,11-,12+,13+,14-,15+,16-,17+,18+;/m0./s1. The predicted octanol–water partition coefficient (Wildman–Crippen LogP) is -4.84. The summed E-state index contributed by atoms with van der Waals surface area (Å²) in [5.41, 5.74) is 30.0. The van der Waals surface area contributed by atoms with Crippen LogP contribution in [0.3, 0.4) is 0 Å². The Morgan fingerprint density at radius 1 is 0.781 bits per heavy atom. The first-order valence-corrected chi connectivity index (χ1v) is 10.7. The van der Waals surface area contributed by atoms with Crippen LogP contribution in [-0.4, -0.2) is 113 Å². The molecule has 0 aromatic heterocycles. The molecule has 14 heteroatoms. The topological polar surface area (TPSA) is 248 Å². The van der Waals surface area contributed by atoms with Crippen molar-refractivity contribution in [3.05, 3.63) is 0 Å². The van der Waals surface area contributed by atoms with Gasteiger partial charge in [0.25, 0.3) is 0 Å². The Morgan fingerprint density at radius 2 is 1.38 bits per heavy atom. The van der Waals surface area contributed by atoms with Crippen molar-refractivity contribution in [1.29, 1.82) is 0 Å². The fraction of sp³-hybridized carbons (Fsp3) is 1.00. The summed E-state index contributed by atoms with van der Waals surface area (Å²) in [5.74, 6) is 0. The van der Waals surface area contributed by atoms with Crippen molar-refractivity contribution in [2.75, 3.05) is 13.2 Å². The van der Waals surface area contributed by atoms with Crippen molar-refractivity contribution in [1.82, 2.24) is 0 Å². The summed E-state index contributed by atoms with van der Waals surface area (Å²) in [7, 11) is 0. The zero-order chi connectivity index (χ0) is 22.9. The second-order valence-corrected chi connectivity index (χ2v) is 8.64. The second-order valence-electron chi connectivity index (χ2n) is 8.64. The molecule has 13 atom stereocenters. The lowest BCUT2D eigenvalue weighted by atomic mass is 9.84. The van der Waals surface area contributed by atoms with Crippen LogP contribution in [0.25, 0.3) is 0 Å². The lowest BCUT2D eigenvalue weighted by Crippen LogP contribution is -2.68. The molecule has 2 heterocycles. The van der Waals surface area contributed by atoms with E-state index in [0.29, 0.717) is 19.4 Å². The number of ether oxygens (including phenoxy) is 4. The van der Waals surface area contributed by atoms with Crippen LogP contribution in [0, 0.1) is 0 Å². The molecule has 2 aliphatic heterocycles. The molecule has 32 heavy (non-hydrogen) atoms. The van der Waals surface area contributed by atoms with E-state index < -0.39 is 80.0 Å². The van der Waals surface area contributed by atoms with Crippen LogP contribution in [0.5, 0.6) is 0 Å². The lowest BCUT2D eigenvalue weighted by molar-refractivity contribution is -0.313. The van der Waals surface area contributed by atoms with E-state index in [0.717, 1.165) is 0 Å². The van der Waals surface area contributed by atoms with Crippen LogP contribution in [0.1, 0.15) is 19.3 Å². The number of hydrogen-bond donors (Lipinski definition) is 9. The Morgan fingerprint density at radius 3 is 1.94 bits per heavy atom. The van der Waals surface area contributed by atoms with Gasteiger partial charge >= 0.3 is 0 Å². The molecule has 0 radical (unpaired) electrons. The van der Waals surface area contributed by atoms with Gasteiger partial charge in [0.15, 0.2) is 12.6 Å². The first-order valence-electron chi connectivity index (χ1n) is 10.7. The number of nitrogens with two attached hydrogens (primary N) is 5. The minimum absolute atomic E-state index is 0. The Hall–Kier alpha value is -0.230. The lowest BCUT2D eigenvalue weighted by Gasteiger charge is -2.47. The quantitative estimate of drug-likeness (QED) is 0.171. The molecule has 0 unspecified atom stereocenters. The van der Waals surface area contributed by atoms with Gasteiger partial charge in [-0.1, -0.05) is 0 Å². The molecule has 0 amide bonds. The van der Waals surface area contributed by atoms with Gasteiger partial charge in [0.2, 0.25) is 0 Å². The van der Waals surface area contributed by atoms with E-state index in [1.165, 1.54) is 0 Å². The third kappa shape index (κ3) is 5.87. The third-order valence-corrected chi connectivity index (χ3v) is 6.34. The monoisotopic (exact) mass is 487 g/mol. The van der Waals surface area contributed by atoms with Gasteiger partial charge in [-0.15, -0.1) is 12.4 Å². The van der Waals surface area contributed by atoms with E-state index >= 15 is 0 Å². The molecule has 14 N–H and O–H groups in total. The number of aliphatic hydroxyl groups excluding tert-OH is 4. The fourth-order valence-electron chi connectivity index (χ4n) is 4.36. The van der Waals surface area contributed by atoms with E-state index in [1.807, 2.05) is 0 Å². The summed E-state index contributed by atoms with van der Waals surface area (Å²) >= 11 is 0. The number of rotatable bonds is 6. The average Bonchev–Trinajstić information content (AvgIpc) is 2.75. The number of aliphatic hydroxyl groups is 4. The van der Waals surface area contributed by atoms with Crippen LogP contribution in [0.4, 0.5) is 0 Å². The largest absolute Gasteiger partial charge is 0.394 e. The van der Waals surface area contributed by atoms with E-state index in [4.69, 9.17) is 47.6 Å². The highest BCUT2D eigenvalue weighted by molar-refractivity contribution is 5.85. The molecular formula is C18H38ClN5O8. The molecule has 1 saturated carbocycles. The average molecular weight is 488 g/mol. The molecule has 0 aromatic rings. The summed E-state index contributed by atoms with van der Waals surface area (Å²) in [6.07, 6.45) is -7.72. The normalized spacial score (nSPS) is 50.0. The zero-order valence-corrected chi connectivity index (χ0v) is 18.6.